The van der Waals surface area contributed by atoms with Crippen LogP contribution >= 0.6 is 0 Å². The number of non-ortho nitro benzene ring substituents is 1. The molecule has 0 saturated carbocycles. The molecule has 0 aromatic heterocycles. The summed E-state index contributed by atoms with van der Waals surface area (Å²) in [5.74, 6) is -1.61. The molecule has 3 rings (SSSR count). The zero-order valence-corrected chi connectivity index (χ0v) is 13.0. The van der Waals surface area contributed by atoms with Crippen LogP contribution in [0.2, 0.25) is 0 Å². The zero-order chi connectivity index (χ0) is 18.0. The lowest BCUT2D eigenvalue weighted by Gasteiger charge is -2.16. The van der Waals surface area contributed by atoms with E-state index in [4.69, 9.17) is 0 Å². The second-order valence-electron chi connectivity index (χ2n) is 5.68. The molecule has 2 aromatic carbocycles. The van der Waals surface area contributed by atoms with Gasteiger partial charge in [-0.15, -0.1) is 0 Å². The summed E-state index contributed by atoms with van der Waals surface area (Å²) in [5.41, 5.74) is 0.692. The van der Waals surface area contributed by atoms with Crippen molar-refractivity contribution in [3.63, 3.8) is 0 Å². The van der Waals surface area contributed by atoms with Gasteiger partial charge in [-0.05, 0) is 30.3 Å². The minimum atomic E-state index is -0.586. The van der Waals surface area contributed by atoms with Crippen molar-refractivity contribution in [2.45, 2.75) is 6.42 Å². The van der Waals surface area contributed by atoms with Crippen LogP contribution in [0.15, 0.2) is 48.5 Å². The van der Waals surface area contributed by atoms with Crippen molar-refractivity contribution in [2.75, 3.05) is 16.8 Å². The minimum absolute atomic E-state index is 0.0259. The molecule has 25 heavy (non-hydrogen) atoms. The Morgan fingerprint density at radius 3 is 2.64 bits per heavy atom. The van der Waals surface area contributed by atoms with E-state index in [0.29, 0.717) is 11.4 Å². The molecule has 1 unspecified atom stereocenters. The van der Waals surface area contributed by atoms with E-state index in [1.807, 2.05) is 0 Å². The van der Waals surface area contributed by atoms with Gasteiger partial charge in [0.2, 0.25) is 11.8 Å². The van der Waals surface area contributed by atoms with E-state index in [2.05, 4.69) is 5.32 Å². The van der Waals surface area contributed by atoms with Crippen LogP contribution in [0.25, 0.3) is 0 Å². The molecule has 1 aliphatic rings. The highest BCUT2D eigenvalue weighted by Crippen LogP contribution is 2.26. The number of nitrogens with one attached hydrogen (secondary N) is 1. The molecule has 1 N–H and O–H groups in total. The summed E-state index contributed by atoms with van der Waals surface area (Å²) in [6, 6.07) is 11.1. The molecule has 0 bridgehead atoms. The predicted molar refractivity (Wildman–Crippen MR) is 88.6 cm³/mol. The molecule has 1 saturated heterocycles. The van der Waals surface area contributed by atoms with Crippen LogP contribution in [0.3, 0.4) is 0 Å². The summed E-state index contributed by atoms with van der Waals surface area (Å²) < 4.78 is 13.0. The van der Waals surface area contributed by atoms with Gasteiger partial charge in [-0.25, -0.2) is 4.39 Å². The standard InChI is InChI=1S/C17H14FN3O4/c18-12-4-6-14(7-5-12)20-10-11(8-16(20)22)17(23)19-13-2-1-3-15(9-13)21(24)25/h1-7,9,11H,8,10H2,(H,19,23). The SMILES string of the molecule is O=C(Nc1cccc([N+](=O)[O-])c1)C1CC(=O)N(c2ccc(F)cc2)C1. The number of rotatable bonds is 4. The smallest absolute Gasteiger partial charge is 0.271 e. The molecular weight excluding hydrogens is 329 g/mol. The number of anilines is 2. The number of benzene rings is 2. The summed E-state index contributed by atoms with van der Waals surface area (Å²) in [6.45, 7) is 0.172. The first kappa shape index (κ1) is 16.6. The number of nitrogens with zero attached hydrogens (tertiary/aromatic N) is 2. The third kappa shape index (κ3) is 3.63. The second-order valence-corrected chi connectivity index (χ2v) is 5.68. The lowest BCUT2D eigenvalue weighted by Crippen LogP contribution is -2.28. The highest BCUT2D eigenvalue weighted by Gasteiger charge is 2.35. The first-order valence-electron chi connectivity index (χ1n) is 7.55. The van der Waals surface area contributed by atoms with Crippen LogP contribution in [0.4, 0.5) is 21.5 Å². The average Bonchev–Trinajstić information content (AvgIpc) is 2.98. The monoisotopic (exact) mass is 343 g/mol. The Balaban J connectivity index is 1.69. The molecule has 2 amide bonds. The van der Waals surface area contributed by atoms with Crippen molar-refractivity contribution < 1.29 is 18.9 Å². The van der Waals surface area contributed by atoms with E-state index in [9.17, 15) is 24.1 Å². The van der Waals surface area contributed by atoms with Crippen molar-refractivity contribution in [3.8, 4) is 0 Å². The first-order chi connectivity index (χ1) is 11.9. The molecule has 0 spiro atoms. The van der Waals surface area contributed by atoms with E-state index in [-0.39, 0.29) is 24.6 Å². The van der Waals surface area contributed by atoms with Crippen LogP contribution in [0, 0.1) is 21.8 Å². The van der Waals surface area contributed by atoms with E-state index in [1.54, 1.807) is 6.07 Å². The highest BCUT2D eigenvalue weighted by molar-refractivity contribution is 6.03. The fourth-order valence-corrected chi connectivity index (χ4v) is 2.70. The molecule has 1 heterocycles. The Labute approximate surface area is 142 Å². The molecular formula is C17H14FN3O4. The summed E-state index contributed by atoms with van der Waals surface area (Å²) in [4.78, 5) is 36.1. The molecule has 2 aromatic rings. The molecule has 0 aliphatic carbocycles. The van der Waals surface area contributed by atoms with E-state index in [0.717, 1.165) is 0 Å². The number of carbonyl (C=O) groups is 2. The largest absolute Gasteiger partial charge is 0.326 e. The average molecular weight is 343 g/mol. The van der Waals surface area contributed by atoms with E-state index >= 15 is 0 Å². The maximum absolute atomic E-state index is 13.0. The van der Waals surface area contributed by atoms with E-state index < -0.39 is 22.6 Å². The summed E-state index contributed by atoms with van der Waals surface area (Å²) in [5, 5.41) is 13.4. The van der Waals surface area contributed by atoms with Crippen molar-refractivity contribution in [1.82, 2.24) is 0 Å². The minimum Gasteiger partial charge on any atom is -0.326 e. The number of hydrogen-bond donors (Lipinski definition) is 1. The second kappa shape index (κ2) is 6.68. The number of carbonyl (C=O) groups excluding carboxylic acids is 2. The number of hydrogen-bond acceptors (Lipinski definition) is 4. The molecule has 1 aliphatic heterocycles. The quantitative estimate of drug-likeness (QED) is 0.682. The number of nitro benzene ring substituents is 1. The Hall–Kier alpha value is -3.29. The normalized spacial score (nSPS) is 16.8. The fraction of sp³-hybridized carbons (Fsp3) is 0.176. The lowest BCUT2D eigenvalue weighted by molar-refractivity contribution is -0.384. The van der Waals surface area contributed by atoms with Gasteiger partial charge in [0.1, 0.15) is 5.82 Å². The molecule has 8 heteroatoms. The van der Waals surface area contributed by atoms with Crippen molar-refractivity contribution in [2.24, 2.45) is 5.92 Å². The van der Waals surface area contributed by atoms with Gasteiger partial charge in [-0.3, -0.25) is 19.7 Å². The third-order valence-electron chi connectivity index (χ3n) is 3.96. The summed E-state index contributed by atoms with van der Waals surface area (Å²) >= 11 is 0. The number of amides is 2. The first-order valence-corrected chi connectivity index (χ1v) is 7.55. The fourth-order valence-electron chi connectivity index (χ4n) is 2.70. The highest BCUT2D eigenvalue weighted by atomic mass is 19.1. The molecule has 1 atom stereocenters. The predicted octanol–water partition coefficient (Wildman–Crippen LogP) is 2.73. The maximum Gasteiger partial charge on any atom is 0.271 e. The number of halogens is 1. The summed E-state index contributed by atoms with van der Waals surface area (Å²) in [7, 11) is 0. The Morgan fingerprint density at radius 2 is 1.96 bits per heavy atom. The Morgan fingerprint density at radius 1 is 1.24 bits per heavy atom. The van der Waals surface area contributed by atoms with Crippen molar-refractivity contribution >= 4 is 28.9 Å². The van der Waals surface area contributed by atoms with Gasteiger partial charge in [0, 0.05) is 36.5 Å². The molecule has 128 valence electrons. The van der Waals surface area contributed by atoms with Crippen LogP contribution in [0.1, 0.15) is 6.42 Å². The van der Waals surface area contributed by atoms with Gasteiger partial charge in [0.25, 0.3) is 5.69 Å². The molecule has 0 radical (unpaired) electrons. The Kier molecular flexibility index (Phi) is 4.42. The zero-order valence-electron chi connectivity index (χ0n) is 13.0. The van der Waals surface area contributed by atoms with Gasteiger partial charge >= 0.3 is 0 Å². The van der Waals surface area contributed by atoms with Crippen molar-refractivity contribution in [3.05, 3.63) is 64.5 Å². The van der Waals surface area contributed by atoms with Crippen LogP contribution < -0.4 is 10.2 Å². The Bertz CT molecular complexity index is 838. The van der Waals surface area contributed by atoms with Gasteiger partial charge in [0.15, 0.2) is 0 Å². The van der Waals surface area contributed by atoms with Gasteiger partial charge < -0.3 is 10.2 Å². The molecule has 7 nitrogen and oxygen atoms in total. The lowest BCUT2D eigenvalue weighted by atomic mass is 10.1. The summed E-state index contributed by atoms with van der Waals surface area (Å²) in [6.07, 6.45) is 0.0259. The molecule has 1 fully saturated rings. The maximum atomic E-state index is 13.0. The van der Waals surface area contributed by atoms with Gasteiger partial charge in [0.05, 0.1) is 10.8 Å². The third-order valence-corrected chi connectivity index (χ3v) is 3.96. The van der Waals surface area contributed by atoms with Crippen molar-refractivity contribution in [1.29, 1.82) is 0 Å². The number of nitro groups is 1. The van der Waals surface area contributed by atoms with Gasteiger partial charge in [-0.2, -0.15) is 0 Å². The topological polar surface area (TPSA) is 92.5 Å². The van der Waals surface area contributed by atoms with Crippen LogP contribution in [-0.4, -0.2) is 23.3 Å². The van der Waals surface area contributed by atoms with Gasteiger partial charge in [-0.1, -0.05) is 6.07 Å². The van der Waals surface area contributed by atoms with E-state index in [1.165, 1.54) is 47.4 Å². The van der Waals surface area contributed by atoms with Crippen LogP contribution in [-0.2, 0) is 9.59 Å². The van der Waals surface area contributed by atoms with Crippen LogP contribution in [0.5, 0.6) is 0 Å².